The van der Waals surface area contributed by atoms with Gasteiger partial charge in [-0.25, -0.2) is 0 Å². The number of rotatable bonds is 4. The number of hydrogen-bond acceptors (Lipinski definition) is 2. The first-order valence-corrected chi connectivity index (χ1v) is 9.35. The van der Waals surface area contributed by atoms with Crippen LogP contribution in [0.2, 0.25) is 10.0 Å². The molecular weight excluding hydrogens is 395 g/mol. The standard InChI is InChI=1S/C22H18Cl2N2O2/c1-13-7-3-5-9-19(13)25-21(27)15-11-17(23)18(24)12-16(15)22(28)26-20-10-6-4-8-14(20)2/h3-12H,1-2H3,(H,25,27)(H,26,28). The summed E-state index contributed by atoms with van der Waals surface area (Å²) < 4.78 is 0. The van der Waals surface area contributed by atoms with Crippen molar-refractivity contribution in [1.29, 1.82) is 0 Å². The van der Waals surface area contributed by atoms with E-state index < -0.39 is 11.8 Å². The molecule has 0 spiro atoms. The lowest BCUT2D eigenvalue weighted by Crippen LogP contribution is -2.21. The third kappa shape index (κ3) is 4.35. The summed E-state index contributed by atoms with van der Waals surface area (Å²) >= 11 is 12.2. The van der Waals surface area contributed by atoms with Gasteiger partial charge >= 0.3 is 0 Å². The van der Waals surface area contributed by atoms with Crippen molar-refractivity contribution in [2.75, 3.05) is 10.6 Å². The Balaban J connectivity index is 1.96. The smallest absolute Gasteiger partial charge is 0.256 e. The van der Waals surface area contributed by atoms with Gasteiger partial charge in [-0.2, -0.15) is 0 Å². The van der Waals surface area contributed by atoms with Crippen LogP contribution in [-0.2, 0) is 0 Å². The highest BCUT2D eigenvalue weighted by atomic mass is 35.5. The first-order chi connectivity index (χ1) is 13.4. The number of hydrogen-bond donors (Lipinski definition) is 2. The second-order valence-corrected chi connectivity index (χ2v) is 7.16. The van der Waals surface area contributed by atoms with E-state index in [4.69, 9.17) is 23.2 Å². The van der Waals surface area contributed by atoms with Crippen molar-refractivity contribution in [3.63, 3.8) is 0 Å². The fourth-order valence-corrected chi connectivity index (χ4v) is 3.06. The number of para-hydroxylation sites is 2. The SMILES string of the molecule is Cc1ccccc1NC(=O)c1cc(Cl)c(Cl)cc1C(=O)Nc1ccccc1C. The van der Waals surface area contributed by atoms with Crippen LogP contribution in [0.4, 0.5) is 11.4 Å². The van der Waals surface area contributed by atoms with Gasteiger partial charge in [-0.05, 0) is 49.2 Å². The normalized spacial score (nSPS) is 10.4. The third-order valence-corrected chi connectivity index (χ3v) is 5.06. The lowest BCUT2D eigenvalue weighted by atomic mass is 10.0. The first-order valence-electron chi connectivity index (χ1n) is 8.60. The maximum atomic E-state index is 12.9. The van der Waals surface area contributed by atoms with E-state index in [0.29, 0.717) is 11.4 Å². The zero-order chi connectivity index (χ0) is 20.3. The fourth-order valence-electron chi connectivity index (χ4n) is 2.73. The highest BCUT2D eigenvalue weighted by molar-refractivity contribution is 6.42. The number of aryl methyl sites for hydroxylation is 2. The van der Waals surface area contributed by atoms with Gasteiger partial charge in [0.2, 0.25) is 0 Å². The van der Waals surface area contributed by atoms with Crippen LogP contribution in [-0.4, -0.2) is 11.8 Å². The van der Waals surface area contributed by atoms with E-state index in [-0.39, 0.29) is 21.2 Å². The lowest BCUT2D eigenvalue weighted by molar-refractivity contribution is 0.0990. The molecule has 2 amide bonds. The monoisotopic (exact) mass is 412 g/mol. The molecule has 0 saturated heterocycles. The Morgan fingerprint density at radius 3 is 1.39 bits per heavy atom. The van der Waals surface area contributed by atoms with Crippen LogP contribution < -0.4 is 10.6 Å². The fraction of sp³-hybridized carbons (Fsp3) is 0.0909. The van der Waals surface area contributed by atoms with Crippen LogP contribution in [0.25, 0.3) is 0 Å². The molecule has 3 rings (SSSR count). The summed E-state index contributed by atoms with van der Waals surface area (Å²) in [5.74, 6) is -0.884. The Bertz CT molecular complexity index is 980. The van der Waals surface area contributed by atoms with Crippen molar-refractivity contribution in [2.24, 2.45) is 0 Å². The average molecular weight is 413 g/mol. The lowest BCUT2D eigenvalue weighted by Gasteiger charge is -2.14. The molecule has 28 heavy (non-hydrogen) atoms. The molecule has 0 saturated carbocycles. The Labute approximate surface area is 173 Å². The van der Waals surface area contributed by atoms with Crippen molar-refractivity contribution in [3.05, 3.63) is 93.0 Å². The zero-order valence-electron chi connectivity index (χ0n) is 15.3. The van der Waals surface area contributed by atoms with Crippen molar-refractivity contribution in [3.8, 4) is 0 Å². The minimum atomic E-state index is -0.442. The molecule has 0 fully saturated rings. The number of carbonyl (C=O) groups excluding carboxylic acids is 2. The molecule has 6 heteroatoms. The van der Waals surface area contributed by atoms with Crippen LogP contribution in [0.3, 0.4) is 0 Å². The van der Waals surface area contributed by atoms with E-state index in [1.807, 2.05) is 50.2 Å². The average Bonchev–Trinajstić information content (AvgIpc) is 2.67. The van der Waals surface area contributed by atoms with E-state index in [1.165, 1.54) is 12.1 Å². The van der Waals surface area contributed by atoms with Crippen molar-refractivity contribution in [2.45, 2.75) is 13.8 Å². The van der Waals surface area contributed by atoms with E-state index in [1.54, 1.807) is 12.1 Å². The summed E-state index contributed by atoms with van der Waals surface area (Å²) in [5, 5.41) is 6.04. The van der Waals surface area contributed by atoms with Gasteiger partial charge in [0.05, 0.1) is 21.2 Å². The van der Waals surface area contributed by atoms with E-state index >= 15 is 0 Å². The zero-order valence-corrected chi connectivity index (χ0v) is 16.9. The maximum Gasteiger partial charge on any atom is 0.256 e. The summed E-state index contributed by atoms with van der Waals surface area (Å²) in [5.41, 5.74) is 3.41. The van der Waals surface area contributed by atoms with Crippen molar-refractivity contribution in [1.82, 2.24) is 0 Å². The predicted octanol–water partition coefficient (Wildman–Crippen LogP) is 6.11. The molecule has 0 bridgehead atoms. The Hall–Kier alpha value is -2.82. The molecule has 0 aliphatic carbocycles. The number of amides is 2. The third-order valence-electron chi connectivity index (χ3n) is 4.34. The first kappa shape index (κ1) is 19.9. The Kier molecular flexibility index (Phi) is 6.02. The molecule has 2 N–H and O–H groups in total. The largest absolute Gasteiger partial charge is 0.322 e. The van der Waals surface area contributed by atoms with Gasteiger partial charge in [-0.1, -0.05) is 59.6 Å². The number of halogens is 2. The predicted molar refractivity (Wildman–Crippen MR) is 115 cm³/mol. The van der Waals surface area contributed by atoms with Crippen molar-refractivity contribution >= 4 is 46.4 Å². The number of benzene rings is 3. The van der Waals surface area contributed by atoms with Gasteiger partial charge in [0.15, 0.2) is 0 Å². The molecule has 0 aromatic heterocycles. The Morgan fingerprint density at radius 2 is 1.04 bits per heavy atom. The molecule has 3 aromatic carbocycles. The molecule has 0 unspecified atom stereocenters. The van der Waals surface area contributed by atoms with Gasteiger partial charge in [-0.15, -0.1) is 0 Å². The van der Waals surface area contributed by atoms with E-state index in [0.717, 1.165) is 11.1 Å². The highest BCUT2D eigenvalue weighted by Crippen LogP contribution is 2.28. The molecule has 4 nitrogen and oxygen atoms in total. The number of carbonyl (C=O) groups is 2. The number of nitrogens with one attached hydrogen (secondary N) is 2. The summed E-state index contributed by atoms with van der Waals surface area (Å²) in [6, 6.07) is 17.6. The maximum absolute atomic E-state index is 12.9. The van der Waals surface area contributed by atoms with Crippen LogP contribution in [0, 0.1) is 13.8 Å². The van der Waals surface area contributed by atoms with E-state index in [9.17, 15) is 9.59 Å². The van der Waals surface area contributed by atoms with E-state index in [2.05, 4.69) is 10.6 Å². The molecule has 142 valence electrons. The molecule has 0 atom stereocenters. The second kappa shape index (κ2) is 8.46. The van der Waals surface area contributed by atoms with Crippen LogP contribution in [0.1, 0.15) is 31.8 Å². The Morgan fingerprint density at radius 1 is 0.679 bits per heavy atom. The van der Waals surface area contributed by atoms with Crippen molar-refractivity contribution < 1.29 is 9.59 Å². The highest BCUT2D eigenvalue weighted by Gasteiger charge is 2.21. The number of anilines is 2. The molecular formula is C22H18Cl2N2O2. The van der Waals surface area contributed by atoms with Gasteiger partial charge < -0.3 is 10.6 Å². The van der Waals surface area contributed by atoms with Gasteiger partial charge in [0.1, 0.15) is 0 Å². The molecule has 0 aliphatic rings. The molecule has 0 radical (unpaired) electrons. The summed E-state index contributed by atoms with van der Waals surface area (Å²) in [6.07, 6.45) is 0. The second-order valence-electron chi connectivity index (χ2n) is 6.35. The topological polar surface area (TPSA) is 58.2 Å². The van der Waals surface area contributed by atoms with Crippen LogP contribution in [0.15, 0.2) is 60.7 Å². The summed E-state index contributed by atoms with van der Waals surface area (Å²) in [6.45, 7) is 3.77. The molecule has 0 heterocycles. The summed E-state index contributed by atoms with van der Waals surface area (Å²) in [7, 11) is 0. The minimum absolute atomic E-state index is 0.142. The van der Waals surface area contributed by atoms with Gasteiger partial charge in [0, 0.05) is 11.4 Å². The van der Waals surface area contributed by atoms with Crippen LogP contribution in [0.5, 0.6) is 0 Å². The summed E-state index contributed by atoms with van der Waals surface area (Å²) in [4.78, 5) is 25.8. The molecule has 3 aromatic rings. The van der Waals surface area contributed by atoms with Gasteiger partial charge in [0.25, 0.3) is 11.8 Å². The van der Waals surface area contributed by atoms with Crippen LogP contribution >= 0.6 is 23.2 Å². The van der Waals surface area contributed by atoms with Gasteiger partial charge in [-0.3, -0.25) is 9.59 Å². The quantitative estimate of drug-likeness (QED) is 0.542. The minimum Gasteiger partial charge on any atom is -0.322 e. The molecule has 0 aliphatic heterocycles.